The molecule has 0 N–H and O–H groups in total. The maximum Gasteiger partial charge on any atom is 0.231 e. The third-order valence-electron chi connectivity index (χ3n) is 6.53. The molecule has 4 heteroatoms. The predicted molar refractivity (Wildman–Crippen MR) is 121 cm³/mol. The molecule has 2 nitrogen and oxygen atoms in total. The Balaban J connectivity index is 1.66. The average Bonchev–Trinajstić information content (AvgIpc) is 3.30. The van der Waals surface area contributed by atoms with Crippen molar-refractivity contribution in [2.24, 2.45) is 5.41 Å². The molecule has 2 unspecified atom stereocenters. The number of halogens is 2. The number of benzene rings is 2. The highest BCUT2D eigenvalue weighted by Gasteiger charge is 2.46. The second-order valence-electron chi connectivity index (χ2n) is 8.63. The molecular weight excluding hydrogens is 480 g/mol. The van der Waals surface area contributed by atoms with Crippen LogP contribution in [0.25, 0.3) is 12.2 Å². The van der Waals surface area contributed by atoms with Crippen LogP contribution in [0.15, 0.2) is 44.4 Å². The van der Waals surface area contributed by atoms with Crippen molar-refractivity contribution in [3.8, 4) is 11.5 Å². The molecule has 2 aromatic carbocycles. The molecule has 3 aliphatic rings. The van der Waals surface area contributed by atoms with Crippen molar-refractivity contribution in [3.05, 3.63) is 66.6 Å². The van der Waals surface area contributed by atoms with Crippen LogP contribution in [0.3, 0.4) is 0 Å². The van der Waals surface area contributed by atoms with Crippen molar-refractivity contribution >= 4 is 44.0 Å². The number of rotatable bonds is 2. The van der Waals surface area contributed by atoms with Crippen LogP contribution in [0.5, 0.6) is 11.5 Å². The lowest BCUT2D eigenvalue weighted by Crippen LogP contribution is -2.29. The molecule has 0 bridgehead atoms. The first kappa shape index (κ1) is 18.5. The minimum absolute atomic E-state index is 0.00555. The van der Waals surface area contributed by atoms with E-state index in [4.69, 9.17) is 9.47 Å². The number of allylic oxidation sites excluding steroid dienone is 2. The fourth-order valence-electron chi connectivity index (χ4n) is 5.63. The van der Waals surface area contributed by atoms with Gasteiger partial charge in [0.05, 0.1) is 4.47 Å². The molecule has 2 aromatic rings. The topological polar surface area (TPSA) is 18.5 Å². The molecule has 1 aliphatic heterocycles. The summed E-state index contributed by atoms with van der Waals surface area (Å²) in [5.74, 6) is 2.35. The summed E-state index contributed by atoms with van der Waals surface area (Å²) in [5, 5.41) is 0. The maximum atomic E-state index is 5.73. The van der Waals surface area contributed by atoms with Crippen LogP contribution >= 0.6 is 31.9 Å². The lowest BCUT2D eigenvalue weighted by Gasteiger charge is -2.41. The zero-order chi connectivity index (χ0) is 19.8. The van der Waals surface area contributed by atoms with Crippen LogP contribution in [0.4, 0.5) is 0 Å². The van der Waals surface area contributed by atoms with E-state index in [1.54, 1.807) is 0 Å². The van der Waals surface area contributed by atoms with Gasteiger partial charge in [-0.2, -0.15) is 0 Å². The van der Waals surface area contributed by atoms with Crippen molar-refractivity contribution in [2.45, 2.75) is 39.5 Å². The lowest BCUT2D eigenvalue weighted by molar-refractivity contribution is 0.173. The van der Waals surface area contributed by atoms with E-state index in [1.165, 1.54) is 37.9 Å². The second kappa shape index (κ2) is 6.24. The first-order chi connectivity index (χ1) is 13.3. The number of hydrogen-bond donors (Lipinski definition) is 0. The van der Waals surface area contributed by atoms with E-state index in [0.29, 0.717) is 18.6 Å². The molecule has 0 saturated carbocycles. The van der Waals surface area contributed by atoms with Gasteiger partial charge >= 0.3 is 0 Å². The van der Waals surface area contributed by atoms with Crippen LogP contribution in [-0.2, 0) is 0 Å². The molecule has 2 aliphatic carbocycles. The van der Waals surface area contributed by atoms with Crippen LogP contribution in [0.2, 0.25) is 0 Å². The Morgan fingerprint density at radius 2 is 1.61 bits per heavy atom. The molecule has 28 heavy (non-hydrogen) atoms. The lowest BCUT2D eigenvalue weighted by atomic mass is 9.62. The van der Waals surface area contributed by atoms with Gasteiger partial charge in [0.1, 0.15) is 0 Å². The van der Waals surface area contributed by atoms with Gasteiger partial charge in [-0.15, -0.1) is 0 Å². The summed E-state index contributed by atoms with van der Waals surface area (Å²) < 4.78 is 13.6. The molecule has 0 saturated heterocycles. The molecule has 0 fully saturated rings. The van der Waals surface area contributed by atoms with E-state index in [1.807, 2.05) is 0 Å². The summed E-state index contributed by atoms with van der Waals surface area (Å²) in [6, 6.07) is 8.76. The predicted octanol–water partition coefficient (Wildman–Crippen LogP) is 7.67. The van der Waals surface area contributed by atoms with Gasteiger partial charge in [-0.05, 0) is 69.6 Å². The van der Waals surface area contributed by atoms with Gasteiger partial charge in [0.15, 0.2) is 11.5 Å². The first-order valence-electron chi connectivity index (χ1n) is 9.57. The fraction of sp³-hybridized carbons (Fsp3) is 0.333. The molecule has 144 valence electrons. The number of ether oxygens (including phenoxy) is 2. The highest BCUT2D eigenvalue weighted by molar-refractivity contribution is 9.11. The molecule has 0 amide bonds. The molecule has 0 spiro atoms. The fourth-order valence-corrected chi connectivity index (χ4v) is 6.78. The number of fused-ring (bicyclic) bond motifs is 3. The van der Waals surface area contributed by atoms with Gasteiger partial charge in [0, 0.05) is 16.3 Å². The summed E-state index contributed by atoms with van der Waals surface area (Å²) >= 11 is 7.51. The van der Waals surface area contributed by atoms with Crippen LogP contribution in [0.1, 0.15) is 61.8 Å². The van der Waals surface area contributed by atoms with E-state index in [9.17, 15) is 0 Å². The van der Waals surface area contributed by atoms with Gasteiger partial charge in [0.2, 0.25) is 6.79 Å². The minimum Gasteiger partial charge on any atom is -0.454 e. The van der Waals surface area contributed by atoms with E-state index in [0.717, 1.165) is 16.0 Å². The summed E-state index contributed by atoms with van der Waals surface area (Å²) in [4.78, 5) is 0. The Kier molecular flexibility index (Phi) is 4.12. The van der Waals surface area contributed by atoms with Crippen LogP contribution in [0, 0.1) is 5.41 Å². The molecule has 0 radical (unpaired) electrons. The largest absolute Gasteiger partial charge is 0.454 e. The van der Waals surface area contributed by atoms with Gasteiger partial charge in [-0.3, -0.25) is 0 Å². The van der Waals surface area contributed by atoms with Gasteiger partial charge in [-0.1, -0.05) is 65.2 Å². The Morgan fingerprint density at radius 3 is 2.36 bits per heavy atom. The third kappa shape index (κ3) is 2.43. The highest BCUT2D eigenvalue weighted by Crippen LogP contribution is 2.60. The highest BCUT2D eigenvalue weighted by atomic mass is 79.9. The van der Waals surface area contributed by atoms with Crippen molar-refractivity contribution in [3.63, 3.8) is 0 Å². The van der Waals surface area contributed by atoms with E-state index in [-0.39, 0.29) is 5.41 Å². The quantitative estimate of drug-likeness (QED) is 0.420. The monoisotopic (exact) mass is 500 g/mol. The van der Waals surface area contributed by atoms with Gasteiger partial charge in [0.25, 0.3) is 0 Å². The standard InChI is InChI=1S/C24H22Br2O2/c1-12-8-15-14(6-5-7-18(15)25)20(12)24(3,4)21-13(2)9-17-16(21)10-19-23(22(17)26)28-11-27-19/h5-10,20-21H,11H2,1-4H3. The first-order valence-corrected chi connectivity index (χ1v) is 11.2. The van der Waals surface area contributed by atoms with Gasteiger partial charge < -0.3 is 9.47 Å². The third-order valence-corrected chi connectivity index (χ3v) is 8.01. The Morgan fingerprint density at radius 1 is 0.929 bits per heavy atom. The minimum atomic E-state index is 0.00555. The van der Waals surface area contributed by atoms with Gasteiger partial charge in [-0.25, -0.2) is 0 Å². The maximum absolute atomic E-state index is 5.73. The van der Waals surface area contributed by atoms with E-state index >= 15 is 0 Å². The smallest absolute Gasteiger partial charge is 0.231 e. The molecule has 2 atom stereocenters. The van der Waals surface area contributed by atoms with Crippen LogP contribution < -0.4 is 9.47 Å². The van der Waals surface area contributed by atoms with Crippen molar-refractivity contribution in [2.75, 3.05) is 6.79 Å². The Hall–Kier alpha value is -1.52. The average molecular weight is 502 g/mol. The zero-order valence-electron chi connectivity index (χ0n) is 16.4. The van der Waals surface area contributed by atoms with Crippen molar-refractivity contribution < 1.29 is 9.47 Å². The Bertz CT molecular complexity index is 1080. The van der Waals surface area contributed by atoms with Crippen molar-refractivity contribution in [1.82, 2.24) is 0 Å². The zero-order valence-corrected chi connectivity index (χ0v) is 19.6. The summed E-state index contributed by atoms with van der Waals surface area (Å²) in [5.41, 5.74) is 8.12. The second-order valence-corrected chi connectivity index (χ2v) is 10.3. The molecule has 0 aromatic heterocycles. The molecule has 1 heterocycles. The van der Waals surface area contributed by atoms with E-state index < -0.39 is 0 Å². The summed E-state index contributed by atoms with van der Waals surface area (Å²) in [7, 11) is 0. The molecule has 5 rings (SSSR count). The van der Waals surface area contributed by atoms with Crippen molar-refractivity contribution in [1.29, 1.82) is 0 Å². The summed E-state index contributed by atoms with van der Waals surface area (Å²) in [6.45, 7) is 9.62. The van der Waals surface area contributed by atoms with Crippen LogP contribution in [-0.4, -0.2) is 6.79 Å². The molecular formula is C24H22Br2O2. The number of hydrogen-bond acceptors (Lipinski definition) is 2. The van der Waals surface area contributed by atoms with E-state index in [2.05, 4.69) is 96.0 Å². The normalized spacial score (nSPS) is 22.1. The Labute approximate surface area is 182 Å². The summed E-state index contributed by atoms with van der Waals surface area (Å²) in [6.07, 6.45) is 4.65. The SMILES string of the molecule is CC1=Cc2c(Br)cccc2C1C(C)(C)C1C(C)=Cc2c1cc1c(c2Br)OCO1.